The van der Waals surface area contributed by atoms with Gasteiger partial charge < -0.3 is 10.0 Å². The fraction of sp³-hybridized carbons (Fsp3) is 0.647. The molecule has 2 heterocycles. The summed E-state index contributed by atoms with van der Waals surface area (Å²) in [7, 11) is 0. The first kappa shape index (κ1) is 15.5. The number of nitrogens with zero attached hydrogens (tertiary/aromatic N) is 1. The van der Waals surface area contributed by atoms with Crippen molar-refractivity contribution in [2.75, 3.05) is 13.1 Å². The number of likely N-dealkylation sites (tertiary alicyclic amines) is 1. The molecule has 1 saturated heterocycles. The quantitative estimate of drug-likeness (QED) is 0.905. The molecule has 3 rings (SSSR count). The number of carboxylic acids is 1. The third-order valence-electron chi connectivity index (χ3n) is 4.94. The number of piperidine rings is 1. The van der Waals surface area contributed by atoms with Crippen molar-refractivity contribution in [3.8, 4) is 0 Å². The van der Waals surface area contributed by atoms with Gasteiger partial charge in [0.15, 0.2) is 0 Å². The summed E-state index contributed by atoms with van der Waals surface area (Å²) in [6, 6.07) is 2.13. The van der Waals surface area contributed by atoms with Crippen LogP contribution in [-0.2, 0) is 9.59 Å². The molecule has 1 aliphatic heterocycles. The van der Waals surface area contributed by atoms with E-state index in [0.29, 0.717) is 18.3 Å². The number of carbonyl (C=O) groups excluding carboxylic acids is 1. The van der Waals surface area contributed by atoms with Crippen molar-refractivity contribution in [1.29, 1.82) is 0 Å². The zero-order valence-corrected chi connectivity index (χ0v) is 13.8. The van der Waals surface area contributed by atoms with E-state index in [9.17, 15) is 9.59 Å². The highest BCUT2D eigenvalue weighted by atomic mass is 32.1. The standard InChI is InChI=1S/C17H23NO3S/c1-11-6-8-22-16(11)13-9-14(13)17(21)18-7-2-3-12(10-18)4-5-15(19)20/h6,8,12-14H,2-5,7,9-10H2,1H3,(H,19,20)/t12-,13-,14-/m1/s1. The highest BCUT2D eigenvalue weighted by Gasteiger charge is 2.47. The summed E-state index contributed by atoms with van der Waals surface area (Å²) >= 11 is 1.76. The highest BCUT2D eigenvalue weighted by molar-refractivity contribution is 7.10. The van der Waals surface area contributed by atoms with E-state index in [0.717, 1.165) is 32.4 Å². The lowest BCUT2D eigenvalue weighted by Gasteiger charge is -2.33. The molecule has 4 nitrogen and oxygen atoms in total. The molecule has 5 heteroatoms. The van der Waals surface area contributed by atoms with Gasteiger partial charge >= 0.3 is 5.97 Å². The number of hydrogen-bond donors (Lipinski definition) is 1. The summed E-state index contributed by atoms with van der Waals surface area (Å²) < 4.78 is 0. The second-order valence-corrected chi connectivity index (χ2v) is 7.59. The summed E-state index contributed by atoms with van der Waals surface area (Å²) in [6.07, 6.45) is 3.95. The van der Waals surface area contributed by atoms with Gasteiger partial charge in [-0.15, -0.1) is 11.3 Å². The van der Waals surface area contributed by atoms with Crippen molar-refractivity contribution in [3.63, 3.8) is 0 Å². The maximum Gasteiger partial charge on any atom is 0.303 e. The topological polar surface area (TPSA) is 57.6 Å². The molecule has 0 spiro atoms. The van der Waals surface area contributed by atoms with Crippen molar-refractivity contribution >= 4 is 23.2 Å². The van der Waals surface area contributed by atoms with Gasteiger partial charge in [0.05, 0.1) is 0 Å². The molecule has 22 heavy (non-hydrogen) atoms. The number of amides is 1. The zero-order valence-electron chi connectivity index (χ0n) is 13.0. The van der Waals surface area contributed by atoms with E-state index in [1.54, 1.807) is 11.3 Å². The van der Waals surface area contributed by atoms with E-state index >= 15 is 0 Å². The number of aliphatic carboxylic acids is 1. The third kappa shape index (κ3) is 3.35. The monoisotopic (exact) mass is 321 g/mol. The van der Waals surface area contributed by atoms with Gasteiger partial charge in [-0.2, -0.15) is 0 Å². The molecule has 120 valence electrons. The summed E-state index contributed by atoms with van der Waals surface area (Å²) in [5, 5.41) is 10.9. The summed E-state index contributed by atoms with van der Waals surface area (Å²) in [5.41, 5.74) is 1.31. The maximum absolute atomic E-state index is 12.7. The third-order valence-corrected chi connectivity index (χ3v) is 6.09. The Kier molecular flexibility index (Phi) is 4.52. The molecule has 1 aromatic heterocycles. The van der Waals surface area contributed by atoms with Crippen LogP contribution in [0.15, 0.2) is 11.4 Å². The van der Waals surface area contributed by atoms with Crippen LogP contribution in [0.2, 0.25) is 0 Å². The van der Waals surface area contributed by atoms with E-state index < -0.39 is 5.97 Å². The van der Waals surface area contributed by atoms with E-state index in [-0.39, 0.29) is 18.2 Å². The second-order valence-electron chi connectivity index (χ2n) is 6.64. The lowest BCUT2D eigenvalue weighted by atomic mass is 9.93. The Balaban J connectivity index is 1.54. The smallest absolute Gasteiger partial charge is 0.303 e. The minimum absolute atomic E-state index is 0.163. The van der Waals surface area contributed by atoms with Gasteiger partial charge in [-0.25, -0.2) is 0 Å². The first-order valence-electron chi connectivity index (χ1n) is 8.11. The molecule has 3 atom stereocenters. The molecule has 1 aromatic rings. The van der Waals surface area contributed by atoms with Crippen molar-refractivity contribution in [3.05, 3.63) is 21.9 Å². The second kappa shape index (κ2) is 6.41. The molecule has 0 unspecified atom stereocenters. The van der Waals surface area contributed by atoms with Gasteiger partial charge in [0.2, 0.25) is 5.91 Å². The van der Waals surface area contributed by atoms with E-state index in [4.69, 9.17) is 5.11 Å². The first-order valence-corrected chi connectivity index (χ1v) is 8.98. The maximum atomic E-state index is 12.7. The van der Waals surface area contributed by atoms with Crippen molar-refractivity contribution in [2.24, 2.45) is 11.8 Å². The molecule has 2 fully saturated rings. The van der Waals surface area contributed by atoms with E-state index in [2.05, 4.69) is 18.4 Å². The van der Waals surface area contributed by atoms with Gasteiger partial charge in [0.25, 0.3) is 0 Å². The number of aryl methyl sites for hydroxylation is 1. The number of carbonyl (C=O) groups is 2. The van der Waals surface area contributed by atoms with Crippen LogP contribution in [0.25, 0.3) is 0 Å². The average Bonchev–Trinajstić information content (AvgIpc) is 3.19. The van der Waals surface area contributed by atoms with Crippen LogP contribution in [0.1, 0.15) is 48.5 Å². The Labute approximate surface area is 135 Å². The van der Waals surface area contributed by atoms with Crippen LogP contribution < -0.4 is 0 Å². The minimum Gasteiger partial charge on any atom is -0.481 e. The lowest BCUT2D eigenvalue weighted by Crippen LogP contribution is -2.41. The Morgan fingerprint density at radius 2 is 2.27 bits per heavy atom. The molecule has 1 amide bonds. The normalized spacial score (nSPS) is 27.7. The molecule has 0 bridgehead atoms. The molecule has 1 aliphatic carbocycles. The van der Waals surface area contributed by atoms with Crippen LogP contribution in [0.3, 0.4) is 0 Å². The fourth-order valence-corrected chi connectivity index (χ4v) is 4.69. The molecular weight excluding hydrogens is 298 g/mol. The van der Waals surface area contributed by atoms with Crippen LogP contribution >= 0.6 is 11.3 Å². The predicted octanol–water partition coefficient (Wildman–Crippen LogP) is 3.26. The fourth-order valence-electron chi connectivity index (χ4n) is 3.58. The first-order chi connectivity index (χ1) is 10.6. The average molecular weight is 321 g/mol. The van der Waals surface area contributed by atoms with E-state index in [1.807, 2.05) is 4.90 Å². The molecule has 1 N–H and O–H groups in total. The van der Waals surface area contributed by atoms with E-state index in [1.165, 1.54) is 10.4 Å². The van der Waals surface area contributed by atoms with Crippen LogP contribution in [0.5, 0.6) is 0 Å². The van der Waals surface area contributed by atoms with Crippen LogP contribution in [0, 0.1) is 18.8 Å². The summed E-state index contributed by atoms with van der Waals surface area (Å²) in [5.74, 6) is 0.494. The lowest BCUT2D eigenvalue weighted by molar-refractivity contribution is -0.137. The molecule has 1 saturated carbocycles. The van der Waals surface area contributed by atoms with Gasteiger partial charge in [-0.1, -0.05) is 0 Å². The Morgan fingerprint density at radius 1 is 1.45 bits per heavy atom. The molecule has 2 aliphatic rings. The number of rotatable bonds is 5. The number of carboxylic acid groups (broad SMARTS) is 1. The highest BCUT2D eigenvalue weighted by Crippen LogP contribution is 2.51. The minimum atomic E-state index is -0.737. The Bertz CT molecular complexity index is 568. The largest absolute Gasteiger partial charge is 0.481 e. The van der Waals surface area contributed by atoms with Crippen molar-refractivity contribution < 1.29 is 14.7 Å². The molecule has 0 radical (unpaired) electrons. The van der Waals surface area contributed by atoms with Crippen molar-refractivity contribution in [1.82, 2.24) is 4.90 Å². The van der Waals surface area contributed by atoms with Crippen molar-refractivity contribution in [2.45, 2.75) is 44.9 Å². The predicted molar refractivity (Wildman–Crippen MR) is 86.1 cm³/mol. The molecular formula is C17H23NO3S. The zero-order chi connectivity index (χ0) is 15.7. The molecule has 0 aromatic carbocycles. The van der Waals surface area contributed by atoms with Gasteiger partial charge in [0, 0.05) is 36.2 Å². The van der Waals surface area contributed by atoms with Gasteiger partial charge in [0.1, 0.15) is 0 Å². The summed E-state index contributed by atoms with van der Waals surface area (Å²) in [6.45, 7) is 3.71. The number of hydrogen-bond acceptors (Lipinski definition) is 3. The van der Waals surface area contributed by atoms with Crippen LogP contribution in [0.4, 0.5) is 0 Å². The van der Waals surface area contributed by atoms with Gasteiger partial charge in [-0.3, -0.25) is 9.59 Å². The Hall–Kier alpha value is -1.36. The SMILES string of the molecule is Cc1ccsc1[C@@H]1C[C@H]1C(=O)N1CCC[C@H](CCC(=O)O)C1. The van der Waals surface area contributed by atoms with Gasteiger partial charge in [-0.05, 0) is 55.5 Å². The van der Waals surface area contributed by atoms with Crippen LogP contribution in [-0.4, -0.2) is 35.0 Å². The number of thiophene rings is 1. The Morgan fingerprint density at radius 3 is 2.95 bits per heavy atom. The summed E-state index contributed by atoms with van der Waals surface area (Å²) in [4.78, 5) is 26.7.